The van der Waals surface area contributed by atoms with Crippen LogP contribution in [0, 0.1) is 5.41 Å². The van der Waals surface area contributed by atoms with E-state index in [0.717, 1.165) is 5.41 Å². The molecule has 0 amide bonds. The summed E-state index contributed by atoms with van der Waals surface area (Å²) in [5, 5.41) is 0.795. The monoisotopic (exact) mass is 445 g/mol. The Labute approximate surface area is 186 Å². The number of benzene rings is 2. The Morgan fingerprint density at radius 1 is 0.967 bits per heavy atom. The van der Waals surface area contributed by atoms with Crippen LogP contribution >= 0.6 is 0 Å². The van der Waals surface area contributed by atoms with Crippen LogP contribution < -0.4 is 0 Å². The molecule has 0 heterocycles. The molecule has 0 fully saturated rings. The smallest absolute Gasteiger partial charge is 0.289 e. The molecule has 0 saturated carbocycles. The van der Waals surface area contributed by atoms with Gasteiger partial charge in [0.25, 0.3) is 10.1 Å². The molecule has 0 aliphatic rings. The molecule has 0 N–H and O–H groups in total. The lowest BCUT2D eigenvalue weighted by Gasteiger charge is -2.23. The van der Waals surface area contributed by atoms with Gasteiger partial charge < -0.3 is 4.43 Å². The number of hydrogen-bond donors (Lipinski definition) is 0. The molecule has 2 aromatic carbocycles. The Morgan fingerprint density at radius 3 is 2.07 bits per heavy atom. The van der Waals surface area contributed by atoms with Crippen molar-refractivity contribution in [2.45, 2.75) is 46.5 Å². The molecule has 6 heteroatoms. The van der Waals surface area contributed by atoms with Crippen molar-refractivity contribution in [3.05, 3.63) is 72.1 Å². The highest BCUT2D eigenvalue weighted by molar-refractivity contribution is 7.89. The van der Waals surface area contributed by atoms with E-state index >= 15 is 0 Å². The van der Waals surface area contributed by atoms with Gasteiger partial charge in [-0.25, -0.2) is 0 Å². The summed E-state index contributed by atoms with van der Waals surface area (Å²) in [6.45, 7) is 14.3. The molecule has 2 aromatic rings. The summed E-state index contributed by atoms with van der Waals surface area (Å²) >= 11 is 0. The molecule has 30 heavy (non-hydrogen) atoms. The normalized spacial score (nSPS) is 12.1. The fourth-order valence-electron chi connectivity index (χ4n) is 2.70. The highest BCUT2D eigenvalue weighted by atomic mass is 32.2. The highest BCUT2D eigenvalue weighted by Crippen LogP contribution is 2.32. The van der Waals surface area contributed by atoms with E-state index in [9.17, 15) is 8.42 Å². The molecule has 0 unspecified atom stereocenters. The first kappa shape index (κ1) is 26.3. The van der Waals surface area contributed by atoms with Crippen LogP contribution in [0.2, 0.25) is 0 Å². The third-order valence-electron chi connectivity index (χ3n) is 4.52. The van der Waals surface area contributed by atoms with Gasteiger partial charge >= 0.3 is 0 Å². The highest BCUT2D eigenvalue weighted by Gasteiger charge is 2.21. The molecule has 3 radical (unpaired) electrons. The summed E-state index contributed by atoms with van der Waals surface area (Å²) in [6, 6.07) is 19.2. The standard InChI is InChI=1S/C16H18.C8H15O4SSi/c1-16(2,3)15-12-8-7-11-14(15)13-9-5-4-6-10-13;1-4-13(9,10)11-7-8(2,3)5-6-12-14/h4-12H,1-3H3;4H,1,5-7H2,2-3H3. The van der Waals surface area contributed by atoms with Gasteiger partial charge in [-0.05, 0) is 33.9 Å². The summed E-state index contributed by atoms with van der Waals surface area (Å²) in [7, 11) is -0.690. The van der Waals surface area contributed by atoms with Crippen LogP contribution in [0.15, 0.2) is 66.6 Å². The van der Waals surface area contributed by atoms with Gasteiger partial charge in [0.05, 0.1) is 12.0 Å². The summed E-state index contributed by atoms with van der Waals surface area (Å²) in [5.41, 5.74) is 3.99. The molecule has 0 saturated heterocycles. The van der Waals surface area contributed by atoms with Crippen molar-refractivity contribution in [2.24, 2.45) is 5.41 Å². The molecular weight excluding hydrogens is 412 g/mol. The molecule has 2 rings (SSSR count). The lowest BCUT2D eigenvalue weighted by molar-refractivity contribution is 0.152. The first-order chi connectivity index (χ1) is 13.9. The molecule has 0 aliphatic carbocycles. The van der Waals surface area contributed by atoms with E-state index in [1.165, 1.54) is 16.7 Å². The van der Waals surface area contributed by atoms with Crippen LogP contribution in [-0.2, 0) is 24.1 Å². The third-order valence-corrected chi connectivity index (χ3v) is 5.58. The van der Waals surface area contributed by atoms with E-state index in [-0.39, 0.29) is 17.4 Å². The predicted octanol–water partition coefficient (Wildman–Crippen LogP) is 5.64. The van der Waals surface area contributed by atoms with Crippen molar-refractivity contribution in [2.75, 3.05) is 13.2 Å². The summed E-state index contributed by atoms with van der Waals surface area (Å²) in [4.78, 5) is 0. The third kappa shape index (κ3) is 9.39. The lowest BCUT2D eigenvalue weighted by Crippen LogP contribution is -2.23. The Kier molecular flexibility index (Phi) is 10.2. The molecule has 4 nitrogen and oxygen atoms in total. The quantitative estimate of drug-likeness (QED) is 0.389. The van der Waals surface area contributed by atoms with Crippen LogP contribution in [0.4, 0.5) is 0 Å². The molecular formula is C24H33O4SSi. The van der Waals surface area contributed by atoms with E-state index in [4.69, 9.17) is 8.61 Å². The van der Waals surface area contributed by atoms with Gasteiger partial charge in [-0.1, -0.05) is 95.8 Å². The SMILES string of the molecule is C=CS(=O)(=O)OCC(C)(C)CCO[Si].CC(C)(C)c1ccccc1-c1ccccc1. The van der Waals surface area contributed by atoms with Crippen LogP contribution in [0.1, 0.15) is 46.6 Å². The van der Waals surface area contributed by atoms with Crippen molar-refractivity contribution < 1.29 is 17.0 Å². The Morgan fingerprint density at radius 2 is 1.53 bits per heavy atom. The second-order valence-electron chi connectivity index (χ2n) is 8.85. The largest absolute Gasteiger partial charge is 0.419 e. The summed E-state index contributed by atoms with van der Waals surface area (Å²) in [6.07, 6.45) is 0.698. The van der Waals surface area contributed by atoms with Crippen molar-refractivity contribution in [3.8, 4) is 11.1 Å². The van der Waals surface area contributed by atoms with Gasteiger partial charge in [0.2, 0.25) is 10.5 Å². The maximum Gasteiger partial charge on any atom is 0.289 e. The zero-order chi connectivity index (χ0) is 22.8. The van der Waals surface area contributed by atoms with E-state index < -0.39 is 10.1 Å². The van der Waals surface area contributed by atoms with E-state index in [2.05, 4.69) is 92.4 Å². The van der Waals surface area contributed by atoms with Crippen molar-refractivity contribution in [1.29, 1.82) is 0 Å². The van der Waals surface area contributed by atoms with Gasteiger partial charge in [0.15, 0.2) is 0 Å². The lowest BCUT2D eigenvalue weighted by atomic mass is 9.82. The predicted molar refractivity (Wildman–Crippen MR) is 126 cm³/mol. The molecule has 163 valence electrons. The average Bonchev–Trinajstić information content (AvgIpc) is 2.72. The van der Waals surface area contributed by atoms with Gasteiger partial charge in [-0.3, -0.25) is 4.18 Å². The maximum absolute atomic E-state index is 10.9. The summed E-state index contributed by atoms with van der Waals surface area (Å²) in [5.74, 6) is 0. The van der Waals surface area contributed by atoms with Crippen molar-refractivity contribution in [1.82, 2.24) is 0 Å². The fraction of sp³-hybridized carbons (Fsp3) is 0.417. The number of hydrogen-bond acceptors (Lipinski definition) is 4. The van der Waals surface area contributed by atoms with Crippen LogP contribution in [0.25, 0.3) is 11.1 Å². The minimum Gasteiger partial charge on any atom is -0.419 e. The van der Waals surface area contributed by atoms with Crippen molar-refractivity contribution in [3.63, 3.8) is 0 Å². The molecule has 0 aliphatic heterocycles. The molecule has 0 atom stereocenters. The Hall–Kier alpha value is -1.73. The first-order valence-corrected chi connectivity index (χ1v) is 11.8. The van der Waals surface area contributed by atoms with Crippen LogP contribution in [0.5, 0.6) is 0 Å². The topological polar surface area (TPSA) is 52.6 Å². The molecule has 0 spiro atoms. The Balaban J connectivity index is 0.000000304. The van der Waals surface area contributed by atoms with Gasteiger partial charge in [0.1, 0.15) is 0 Å². The van der Waals surface area contributed by atoms with Gasteiger partial charge in [-0.2, -0.15) is 8.42 Å². The minimum atomic E-state index is -3.57. The zero-order valence-corrected chi connectivity index (χ0v) is 20.5. The van der Waals surface area contributed by atoms with Gasteiger partial charge in [-0.15, -0.1) is 0 Å². The van der Waals surface area contributed by atoms with Gasteiger partial charge in [0, 0.05) is 6.61 Å². The Bertz CT molecular complexity index is 885. The van der Waals surface area contributed by atoms with Crippen LogP contribution in [0.3, 0.4) is 0 Å². The average molecular weight is 446 g/mol. The number of rotatable bonds is 8. The maximum atomic E-state index is 10.9. The van der Waals surface area contributed by atoms with E-state index in [1.54, 1.807) is 0 Å². The fourth-order valence-corrected chi connectivity index (χ4v) is 3.38. The summed E-state index contributed by atoms with van der Waals surface area (Å²) < 4.78 is 31.3. The van der Waals surface area contributed by atoms with E-state index in [0.29, 0.717) is 13.0 Å². The first-order valence-electron chi connectivity index (χ1n) is 9.87. The van der Waals surface area contributed by atoms with E-state index in [1.807, 2.05) is 13.8 Å². The van der Waals surface area contributed by atoms with Crippen molar-refractivity contribution >= 4 is 20.6 Å². The second-order valence-corrected chi connectivity index (χ2v) is 10.7. The second kappa shape index (κ2) is 11.6. The van der Waals surface area contributed by atoms with Crippen LogP contribution in [-0.4, -0.2) is 32.1 Å². The molecule has 0 bridgehead atoms. The zero-order valence-electron chi connectivity index (χ0n) is 18.6. The minimum absolute atomic E-state index is 0.122. The molecule has 0 aromatic heterocycles.